The zero-order chi connectivity index (χ0) is 5.98. The lowest BCUT2D eigenvalue weighted by atomic mass is 10.4. The van der Waals surface area contributed by atoms with E-state index in [-0.39, 0.29) is 0 Å². The molecule has 1 aromatic rings. The molecule has 0 fully saturated rings. The van der Waals surface area contributed by atoms with Crippen molar-refractivity contribution in [3.05, 3.63) is 11.8 Å². The first-order valence-electron chi connectivity index (χ1n) is 2.56. The first-order chi connectivity index (χ1) is 3.83. The van der Waals surface area contributed by atoms with Crippen LogP contribution in [0.4, 0.5) is 0 Å². The average molecular weight is 128 g/mol. The van der Waals surface area contributed by atoms with Crippen LogP contribution in [-0.4, -0.2) is 10.2 Å². The van der Waals surface area contributed by atoms with E-state index in [0.29, 0.717) is 0 Å². The number of hydrogen-bond acceptors (Lipinski definition) is 2. The molecule has 1 aromatic heterocycles. The maximum atomic E-state index is 4.02. The number of rotatable bonds is 1. The van der Waals surface area contributed by atoms with Gasteiger partial charge in [-0.15, -0.1) is 12.6 Å². The van der Waals surface area contributed by atoms with Crippen molar-refractivity contribution in [2.75, 3.05) is 0 Å². The van der Waals surface area contributed by atoms with Crippen molar-refractivity contribution in [3.63, 3.8) is 0 Å². The van der Waals surface area contributed by atoms with Crippen LogP contribution in [0.5, 0.6) is 0 Å². The van der Waals surface area contributed by atoms with Crippen LogP contribution < -0.4 is 0 Å². The second kappa shape index (κ2) is 2.22. The maximum Gasteiger partial charge on any atom is 0.115 e. The highest BCUT2D eigenvalue weighted by Gasteiger charge is 1.90. The molecular weight excluding hydrogens is 120 g/mol. The van der Waals surface area contributed by atoms with Crippen molar-refractivity contribution < 1.29 is 0 Å². The van der Waals surface area contributed by atoms with Crippen LogP contribution in [0.25, 0.3) is 0 Å². The minimum atomic E-state index is 0.766. The van der Waals surface area contributed by atoms with Crippen LogP contribution in [-0.2, 0) is 6.42 Å². The quantitative estimate of drug-likeness (QED) is 0.548. The minimum absolute atomic E-state index is 0.766. The summed E-state index contributed by atoms with van der Waals surface area (Å²) in [6, 6.07) is 1.92. The van der Waals surface area contributed by atoms with E-state index in [4.69, 9.17) is 0 Å². The molecular formula is C5H8N2S. The monoisotopic (exact) mass is 128 g/mol. The summed E-state index contributed by atoms with van der Waals surface area (Å²) in [6.07, 6.45) is 0.994. The predicted octanol–water partition coefficient (Wildman–Crippen LogP) is 1.26. The Bertz CT molecular complexity index is 171. The molecule has 8 heavy (non-hydrogen) atoms. The van der Waals surface area contributed by atoms with Gasteiger partial charge in [0.2, 0.25) is 0 Å². The fourth-order valence-corrected chi connectivity index (χ4v) is 0.736. The van der Waals surface area contributed by atoms with Gasteiger partial charge in [-0.25, -0.2) is 0 Å². The molecule has 0 radical (unpaired) electrons. The molecule has 3 heteroatoms. The molecule has 0 atom stereocenters. The summed E-state index contributed by atoms with van der Waals surface area (Å²) in [5, 5.41) is 7.42. The lowest BCUT2D eigenvalue weighted by Crippen LogP contribution is -1.75. The van der Waals surface area contributed by atoms with Gasteiger partial charge in [-0.3, -0.25) is 5.10 Å². The predicted molar refractivity (Wildman–Crippen MR) is 35.2 cm³/mol. The van der Waals surface area contributed by atoms with Gasteiger partial charge < -0.3 is 0 Å². The summed E-state index contributed by atoms with van der Waals surface area (Å²) in [5.74, 6) is 0. The third kappa shape index (κ3) is 1.04. The molecule has 0 amide bonds. The Morgan fingerprint density at radius 2 is 2.62 bits per heavy atom. The van der Waals surface area contributed by atoms with Gasteiger partial charge in [0.15, 0.2) is 0 Å². The molecule has 0 bridgehead atoms. The van der Waals surface area contributed by atoms with Gasteiger partial charge in [0.1, 0.15) is 5.03 Å². The van der Waals surface area contributed by atoms with Crippen LogP contribution in [0.3, 0.4) is 0 Å². The van der Waals surface area contributed by atoms with Gasteiger partial charge >= 0.3 is 0 Å². The Kier molecular flexibility index (Phi) is 1.58. The topological polar surface area (TPSA) is 28.7 Å². The normalized spacial score (nSPS) is 9.75. The SMILES string of the molecule is CCc1cc(S)n[nH]1. The van der Waals surface area contributed by atoms with Crippen LogP contribution >= 0.6 is 12.6 Å². The fourth-order valence-electron chi connectivity index (χ4n) is 0.531. The van der Waals surface area contributed by atoms with Crippen molar-refractivity contribution in [2.24, 2.45) is 0 Å². The molecule has 44 valence electrons. The van der Waals surface area contributed by atoms with Crippen LogP contribution in [0.15, 0.2) is 11.1 Å². The molecule has 0 saturated heterocycles. The fraction of sp³-hybridized carbons (Fsp3) is 0.400. The number of nitrogens with zero attached hydrogens (tertiary/aromatic N) is 1. The first-order valence-corrected chi connectivity index (χ1v) is 3.01. The zero-order valence-electron chi connectivity index (χ0n) is 4.68. The largest absolute Gasteiger partial charge is 0.281 e. The number of aromatic nitrogens is 2. The number of aryl methyl sites for hydroxylation is 1. The van der Waals surface area contributed by atoms with Crippen molar-refractivity contribution in [1.29, 1.82) is 0 Å². The molecule has 0 saturated carbocycles. The minimum Gasteiger partial charge on any atom is -0.281 e. The second-order valence-corrected chi connectivity index (χ2v) is 2.06. The highest BCUT2D eigenvalue weighted by Crippen LogP contribution is 2.02. The Hall–Kier alpha value is -0.440. The molecule has 2 nitrogen and oxygen atoms in total. The van der Waals surface area contributed by atoms with Crippen molar-refractivity contribution in [3.8, 4) is 0 Å². The summed E-state index contributed by atoms with van der Waals surface area (Å²) in [7, 11) is 0. The molecule has 1 heterocycles. The molecule has 0 aliphatic carbocycles. The van der Waals surface area contributed by atoms with Crippen molar-refractivity contribution >= 4 is 12.6 Å². The Labute approximate surface area is 53.7 Å². The maximum absolute atomic E-state index is 4.02. The van der Waals surface area contributed by atoms with Crippen molar-refractivity contribution in [2.45, 2.75) is 18.4 Å². The molecule has 0 aliphatic rings. The second-order valence-electron chi connectivity index (χ2n) is 1.60. The summed E-state index contributed by atoms with van der Waals surface area (Å²) in [4.78, 5) is 0. The third-order valence-electron chi connectivity index (χ3n) is 0.998. The molecule has 0 unspecified atom stereocenters. The lowest BCUT2D eigenvalue weighted by molar-refractivity contribution is 0.945. The Morgan fingerprint density at radius 3 is 2.88 bits per heavy atom. The smallest absolute Gasteiger partial charge is 0.115 e. The van der Waals surface area contributed by atoms with E-state index >= 15 is 0 Å². The summed E-state index contributed by atoms with van der Waals surface area (Å²) in [6.45, 7) is 2.07. The van der Waals surface area contributed by atoms with E-state index in [2.05, 4.69) is 29.7 Å². The molecule has 0 aromatic carbocycles. The summed E-state index contributed by atoms with van der Waals surface area (Å²) in [5.41, 5.74) is 1.13. The average Bonchev–Trinajstić information content (AvgIpc) is 2.14. The number of thiol groups is 1. The van der Waals surface area contributed by atoms with E-state index in [1.807, 2.05) is 6.07 Å². The first kappa shape index (κ1) is 5.69. The molecule has 0 spiro atoms. The van der Waals surface area contributed by atoms with E-state index in [1.54, 1.807) is 0 Å². The van der Waals surface area contributed by atoms with Gasteiger partial charge in [0.05, 0.1) is 0 Å². The number of hydrogen-bond donors (Lipinski definition) is 2. The van der Waals surface area contributed by atoms with Gasteiger partial charge in [0.25, 0.3) is 0 Å². The summed E-state index contributed by atoms with van der Waals surface area (Å²) >= 11 is 4.02. The number of nitrogens with one attached hydrogen (secondary N) is 1. The molecule has 1 rings (SSSR count). The number of H-pyrrole nitrogens is 1. The standard InChI is InChI=1S/C5H8N2S/c1-2-4-3-5(8)7-6-4/h3H,2H2,1H3,(H2,6,7,8). The Balaban J connectivity index is 2.84. The summed E-state index contributed by atoms with van der Waals surface area (Å²) < 4.78 is 0. The van der Waals surface area contributed by atoms with Gasteiger partial charge in [0, 0.05) is 5.69 Å². The van der Waals surface area contributed by atoms with Crippen LogP contribution in [0.1, 0.15) is 12.6 Å². The van der Waals surface area contributed by atoms with Gasteiger partial charge in [-0.2, -0.15) is 5.10 Å². The van der Waals surface area contributed by atoms with E-state index in [0.717, 1.165) is 17.1 Å². The van der Waals surface area contributed by atoms with Gasteiger partial charge in [-0.05, 0) is 12.5 Å². The van der Waals surface area contributed by atoms with E-state index < -0.39 is 0 Å². The Morgan fingerprint density at radius 1 is 1.88 bits per heavy atom. The van der Waals surface area contributed by atoms with Crippen LogP contribution in [0, 0.1) is 0 Å². The highest BCUT2D eigenvalue weighted by molar-refractivity contribution is 7.80. The van der Waals surface area contributed by atoms with Gasteiger partial charge in [-0.1, -0.05) is 6.92 Å². The third-order valence-corrected chi connectivity index (χ3v) is 1.23. The van der Waals surface area contributed by atoms with E-state index in [1.165, 1.54) is 0 Å². The van der Waals surface area contributed by atoms with Crippen molar-refractivity contribution in [1.82, 2.24) is 10.2 Å². The highest BCUT2D eigenvalue weighted by atomic mass is 32.1. The lowest BCUT2D eigenvalue weighted by Gasteiger charge is -1.79. The molecule has 0 aliphatic heterocycles. The number of aromatic amines is 1. The zero-order valence-corrected chi connectivity index (χ0v) is 5.57. The molecule has 1 N–H and O–H groups in total. The van der Waals surface area contributed by atoms with Crippen LogP contribution in [0.2, 0.25) is 0 Å². The van der Waals surface area contributed by atoms with E-state index in [9.17, 15) is 0 Å².